The van der Waals surface area contributed by atoms with Gasteiger partial charge in [0.1, 0.15) is 0 Å². The number of halogens is 1. The molecule has 3 rings (SSSR count). The summed E-state index contributed by atoms with van der Waals surface area (Å²) in [6.45, 7) is 0. The second-order valence-corrected chi connectivity index (χ2v) is 9.28. The number of methoxy groups -OCH3 is 1. The van der Waals surface area contributed by atoms with Gasteiger partial charge in [-0.1, -0.05) is 41.8 Å². The van der Waals surface area contributed by atoms with Gasteiger partial charge < -0.3 is 9.84 Å². The topological polar surface area (TPSA) is 83.0 Å². The van der Waals surface area contributed by atoms with Crippen molar-refractivity contribution in [3.63, 3.8) is 0 Å². The van der Waals surface area contributed by atoms with E-state index in [1.165, 1.54) is 28.0 Å². The average molecular weight is 456 g/mol. The predicted octanol–water partition coefficient (Wildman–Crippen LogP) is 4.99. The number of amides is 2. The number of urea groups is 1. The minimum absolute atomic E-state index is 0.0484. The first-order valence-electron chi connectivity index (χ1n) is 9.12. The van der Waals surface area contributed by atoms with E-state index in [1.54, 1.807) is 37.4 Å². The maximum atomic E-state index is 13.5. The van der Waals surface area contributed by atoms with Gasteiger partial charge in [-0.25, -0.2) is 9.78 Å². The van der Waals surface area contributed by atoms with E-state index in [9.17, 15) is 9.59 Å². The predicted molar refractivity (Wildman–Crippen MR) is 117 cm³/mol. The Morgan fingerprint density at radius 1 is 1.38 bits per heavy atom. The molecular formula is C19H22ClN3O4S2. The van der Waals surface area contributed by atoms with Gasteiger partial charge >= 0.3 is 12.0 Å². The van der Waals surface area contributed by atoms with Crippen LogP contribution >= 0.6 is 34.7 Å². The van der Waals surface area contributed by atoms with Gasteiger partial charge in [0.2, 0.25) is 0 Å². The molecule has 1 heterocycles. The molecule has 1 aliphatic rings. The molecule has 7 nitrogen and oxygen atoms in total. The molecule has 29 heavy (non-hydrogen) atoms. The van der Waals surface area contributed by atoms with Crippen LogP contribution in [0.5, 0.6) is 5.75 Å². The zero-order valence-corrected chi connectivity index (χ0v) is 18.5. The lowest BCUT2D eigenvalue weighted by Crippen LogP contribution is -2.46. The van der Waals surface area contributed by atoms with Crippen molar-refractivity contribution in [2.45, 2.75) is 35.9 Å². The summed E-state index contributed by atoms with van der Waals surface area (Å²) in [6.07, 6.45) is 5.54. The summed E-state index contributed by atoms with van der Waals surface area (Å²) < 4.78 is 6.24. The van der Waals surface area contributed by atoms with Gasteiger partial charge in [0.05, 0.1) is 34.0 Å². The van der Waals surface area contributed by atoms with Crippen LogP contribution in [0.25, 0.3) is 0 Å². The number of hydrogen-bond acceptors (Lipinski definition) is 6. The van der Waals surface area contributed by atoms with E-state index >= 15 is 0 Å². The maximum absolute atomic E-state index is 13.5. The van der Waals surface area contributed by atoms with E-state index in [1.807, 2.05) is 6.07 Å². The largest absolute Gasteiger partial charge is 0.493 e. The fourth-order valence-corrected chi connectivity index (χ4v) is 5.24. The smallest absolute Gasteiger partial charge is 0.330 e. The van der Waals surface area contributed by atoms with E-state index in [0.717, 1.165) is 29.9 Å². The number of anilines is 2. The highest BCUT2D eigenvalue weighted by atomic mass is 35.5. The fourth-order valence-electron chi connectivity index (χ4n) is 3.36. The summed E-state index contributed by atoms with van der Waals surface area (Å²) in [5, 5.41) is 9.80. The number of carboxylic acid groups (broad SMARTS) is 1. The van der Waals surface area contributed by atoms with Gasteiger partial charge in [-0.3, -0.25) is 14.6 Å². The number of thioether (sulfide) groups is 1. The van der Waals surface area contributed by atoms with Crippen LogP contribution in [-0.4, -0.2) is 48.0 Å². The third-order valence-corrected chi connectivity index (χ3v) is 7.24. The Balaban J connectivity index is 1.89. The van der Waals surface area contributed by atoms with Crippen LogP contribution in [0.2, 0.25) is 5.02 Å². The van der Waals surface area contributed by atoms with Crippen molar-refractivity contribution in [3.05, 3.63) is 29.4 Å². The van der Waals surface area contributed by atoms with E-state index in [-0.39, 0.29) is 17.8 Å². The fraction of sp³-hybridized carbons (Fsp3) is 0.421. The van der Waals surface area contributed by atoms with Crippen LogP contribution in [0.1, 0.15) is 25.7 Å². The van der Waals surface area contributed by atoms with Gasteiger partial charge in [-0.05, 0) is 25.0 Å². The van der Waals surface area contributed by atoms with Crippen molar-refractivity contribution in [2.75, 3.05) is 29.7 Å². The van der Waals surface area contributed by atoms with Gasteiger partial charge in [0.25, 0.3) is 0 Å². The van der Waals surface area contributed by atoms with Gasteiger partial charge in [-0.2, -0.15) is 0 Å². The molecule has 0 unspecified atom stereocenters. The normalized spacial score (nSPS) is 14.0. The molecule has 2 aromatic rings. The molecule has 0 bridgehead atoms. The summed E-state index contributed by atoms with van der Waals surface area (Å²) in [6, 6.07) is 5.21. The number of rotatable bonds is 7. The molecule has 2 amide bonds. The number of nitrogens with zero attached hydrogens (tertiary/aromatic N) is 3. The third kappa shape index (κ3) is 4.96. The lowest BCUT2D eigenvalue weighted by molar-refractivity contribution is -0.133. The molecule has 1 aromatic heterocycles. The minimum atomic E-state index is -0.894. The molecule has 0 radical (unpaired) electrons. The Bertz CT molecular complexity index is 886. The van der Waals surface area contributed by atoms with Crippen LogP contribution in [-0.2, 0) is 4.79 Å². The summed E-state index contributed by atoms with van der Waals surface area (Å²) in [4.78, 5) is 31.8. The lowest BCUT2D eigenvalue weighted by atomic mass is 10.1. The second kappa shape index (κ2) is 9.69. The zero-order chi connectivity index (χ0) is 21.0. The summed E-state index contributed by atoms with van der Waals surface area (Å²) in [5.41, 5.74) is 0.640. The number of carbonyl (C=O) groups is 2. The molecule has 1 aliphatic carbocycles. The summed E-state index contributed by atoms with van der Waals surface area (Å²) in [7, 11) is 3.21. The molecule has 156 valence electrons. The van der Waals surface area contributed by atoms with E-state index in [4.69, 9.17) is 21.4 Å². The molecule has 0 aliphatic heterocycles. The van der Waals surface area contributed by atoms with Crippen molar-refractivity contribution < 1.29 is 19.4 Å². The Hall–Kier alpha value is -1.97. The van der Waals surface area contributed by atoms with Crippen LogP contribution in [0.4, 0.5) is 15.6 Å². The van der Waals surface area contributed by atoms with Gasteiger partial charge in [0, 0.05) is 13.1 Å². The first kappa shape index (κ1) is 21.7. The van der Waals surface area contributed by atoms with Crippen LogP contribution in [0, 0.1) is 0 Å². The highest BCUT2D eigenvalue weighted by Gasteiger charge is 2.33. The SMILES string of the molecule is COc1c(Cl)cccc1N(C(=O)N(C)c1ncc(SCC(=O)O)s1)C1CCCC1. The lowest BCUT2D eigenvalue weighted by Gasteiger charge is -2.33. The van der Waals surface area contributed by atoms with E-state index in [0.29, 0.717) is 21.6 Å². The van der Waals surface area contributed by atoms with Crippen molar-refractivity contribution in [3.8, 4) is 5.75 Å². The Labute approximate surface area is 182 Å². The van der Waals surface area contributed by atoms with Gasteiger partial charge in [0.15, 0.2) is 10.9 Å². The molecule has 0 spiro atoms. The first-order valence-corrected chi connectivity index (χ1v) is 11.3. The number of aromatic nitrogens is 1. The van der Waals surface area contributed by atoms with Crippen molar-refractivity contribution in [1.82, 2.24) is 4.98 Å². The van der Waals surface area contributed by atoms with Gasteiger partial charge in [-0.15, -0.1) is 11.8 Å². The molecule has 0 saturated heterocycles. The highest BCUT2D eigenvalue weighted by Crippen LogP contribution is 2.40. The van der Waals surface area contributed by atoms with E-state index in [2.05, 4.69) is 4.98 Å². The molecule has 0 atom stereocenters. The Morgan fingerprint density at radius 2 is 2.10 bits per heavy atom. The number of aliphatic carboxylic acids is 1. The zero-order valence-electron chi connectivity index (χ0n) is 16.1. The molecule has 1 N–H and O–H groups in total. The minimum Gasteiger partial charge on any atom is -0.493 e. The van der Waals surface area contributed by atoms with Crippen molar-refractivity contribution >= 4 is 57.5 Å². The number of ether oxygens (including phenoxy) is 1. The average Bonchev–Trinajstić information content (AvgIpc) is 3.38. The number of carboxylic acids is 1. The summed E-state index contributed by atoms with van der Waals surface area (Å²) >= 11 is 8.78. The van der Waals surface area contributed by atoms with Crippen LogP contribution < -0.4 is 14.5 Å². The maximum Gasteiger partial charge on any atom is 0.330 e. The van der Waals surface area contributed by atoms with Crippen molar-refractivity contribution in [2.24, 2.45) is 0 Å². The Kier molecular flexibility index (Phi) is 7.26. The van der Waals surface area contributed by atoms with Crippen molar-refractivity contribution in [1.29, 1.82) is 0 Å². The second-order valence-electron chi connectivity index (χ2n) is 6.59. The molecule has 1 aromatic carbocycles. The van der Waals surface area contributed by atoms with Crippen LogP contribution in [0.3, 0.4) is 0 Å². The number of hydrogen-bond donors (Lipinski definition) is 1. The summed E-state index contributed by atoms with van der Waals surface area (Å²) in [5.74, 6) is -0.470. The molecule has 1 saturated carbocycles. The number of carbonyl (C=O) groups excluding carboxylic acids is 1. The molecule has 10 heteroatoms. The highest BCUT2D eigenvalue weighted by molar-refractivity contribution is 8.01. The monoisotopic (exact) mass is 455 g/mol. The third-order valence-electron chi connectivity index (χ3n) is 4.69. The first-order chi connectivity index (χ1) is 13.9. The number of para-hydroxylation sites is 1. The van der Waals surface area contributed by atoms with E-state index < -0.39 is 5.97 Å². The number of benzene rings is 1. The standard InChI is InChI=1S/C19H22ClN3O4S2/c1-22(18-21-10-16(29-18)28-11-15(24)25)19(26)23(12-6-3-4-7-12)14-9-5-8-13(20)17(14)27-2/h5,8-10,12H,3-4,6-7,11H2,1-2H3,(H,24,25). The van der Waals surface area contributed by atoms with Crippen LogP contribution in [0.15, 0.2) is 28.6 Å². The molecule has 1 fully saturated rings. The quantitative estimate of drug-likeness (QED) is 0.592. The Morgan fingerprint density at radius 3 is 2.76 bits per heavy atom. The molecular weight excluding hydrogens is 434 g/mol. The number of thiazole rings is 1.